The van der Waals surface area contributed by atoms with E-state index in [9.17, 15) is 17.9 Å². The molecular weight excluding hydrogens is 536 g/mol. The largest absolute Gasteiger partial charge is 0.504 e. The molecule has 0 unspecified atom stereocenters. The van der Waals surface area contributed by atoms with Gasteiger partial charge >= 0.3 is 0 Å². The molecule has 10 heteroatoms. The Morgan fingerprint density at radius 1 is 1.08 bits per heavy atom. The highest BCUT2D eigenvalue weighted by Gasteiger charge is 2.30. The molecule has 0 spiro atoms. The highest BCUT2D eigenvalue weighted by molar-refractivity contribution is 7.90. The summed E-state index contributed by atoms with van der Waals surface area (Å²) in [7, 11) is -3.58. The lowest BCUT2D eigenvalue weighted by Gasteiger charge is -2.40. The van der Waals surface area contributed by atoms with E-state index >= 15 is 0 Å². The summed E-state index contributed by atoms with van der Waals surface area (Å²) in [5.74, 6) is -1.39. The van der Waals surface area contributed by atoms with Gasteiger partial charge in [0.2, 0.25) is 0 Å². The zero-order chi connectivity index (χ0) is 25.4. The quantitative estimate of drug-likeness (QED) is 0.370. The molecule has 0 radical (unpaired) electrons. The van der Waals surface area contributed by atoms with Crippen LogP contribution in [0.1, 0.15) is 44.9 Å². The van der Waals surface area contributed by atoms with Gasteiger partial charge in [0.15, 0.2) is 21.4 Å². The van der Waals surface area contributed by atoms with E-state index in [0.717, 1.165) is 51.6 Å². The van der Waals surface area contributed by atoms with Crippen molar-refractivity contribution in [3.05, 3.63) is 47.4 Å². The van der Waals surface area contributed by atoms with Crippen molar-refractivity contribution in [1.29, 1.82) is 0 Å². The fraction of sp³-hybridized carbons (Fsp3) is 0.444. The van der Waals surface area contributed by atoms with Gasteiger partial charge in [0, 0.05) is 23.9 Å². The Labute approximate surface area is 228 Å². The molecule has 0 amide bonds. The summed E-state index contributed by atoms with van der Waals surface area (Å²) in [6.07, 6.45) is 10.5. The second kappa shape index (κ2) is 11.3. The third-order valence-corrected chi connectivity index (χ3v) is 8.80. The van der Waals surface area contributed by atoms with Gasteiger partial charge < -0.3 is 10.0 Å². The smallest absolute Gasteiger partial charge is 0.179 e. The van der Waals surface area contributed by atoms with E-state index in [2.05, 4.69) is 14.8 Å². The third kappa shape index (κ3) is 5.82. The average molecular weight is 569 g/mol. The molecule has 6 nitrogen and oxygen atoms in total. The Kier molecular flexibility index (Phi) is 8.53. The first-order valence-electron chi connectivity index (χ1n) is 12.5. The molecule has 1 saturated heterocycles. The Bertz CT molecular complexity index is 1370. The highest BCUT2D eigenvalue weighted by atomic mass is 35.5. The zero-order valence-electron chi connectivity index (χ0n) is 20.8. The average Bonchev–Trinajstić information content (AvgIpc) is 3.38. The summed E-state index contributed by atoms with van der Waals surface area (Å²) in [6, 6.07) is 8.49. The first-order chi connectivity index (χ1) is 17.2. The van der Waals surface area contributed by atoms with Crippen LogP contribution in [0, 0.1) is 5.82 Å². The van der Waals surface area contributed by atoms with E-state index < -0.39 is 21.4 Å². The maximum atomic E-state index is 14.3. The summed E-state index contributed by atoms with van der Waals surface area (Å²) in [6.45, 7) is 2.66. The van der Waals surface area contributed by atoms with Crippen LogP contribution in [-0.2, 0) is 9.84 Å². The van der Waals surface area contributed by atoms with Crippen LogP contribution in [0.4, 0.5) is 10.1 Å². The van der Waals surface area contributed by atoms with E-state index in [4.69, 9.17) is 11.6 Å². The number of pyridine rings is 1. The Morgan fingerprint density at radius 2 is 1.78 bits per heavy atom. The van der Waals surface area contributed by atoms with Gasteiger partial charge in [-0.1, -0.05) is 36.9 Å². The minimum Gasteiger partial charge on any atom is -0.504 e. The predicted molar refractivity (Wildman–Crippen MR) is 149 cm³/mol. The van der Waals surface area contributed by atoms with E-state index in [1.54, 1.807) is 0 Å². The van der Waals surface area contributed by atoms with Crippen LogP contribution in [-0.4, -0.2) is 55.5 Å². The van der Waals surface area contributed by atoms with Gasteiger partial charge in [0.05, 0.1) is 22.9 Å². The standard InChI is InChI=1S/C27H31ClFN3O3S.ClH/c1-36(34,35)25-16-30-24-10-9-18(19-14-22(28)27(33)23(29)15-19)13-21(24)26(25)32(17-31-11-5-6-12-31)20-7-3-2-4-8-20;/h9-10,13-16,20,33H,2-8,11-12,17H2,1H3;1H. The number of halogens is 3. The van der Waals surface area contributed by atoms with Gasteiger partial charge in [0.1, 0.15) is 4.90 Å². The fourth-order valence-electron chi connectivity index (χ4n) is 5.54. The number of phenols is 1. The number of rotatable bonds is 6. The Morgan fingerprint density at radius 3 is 2.43 bits per heavy atom. The van der Waals surface area contributed by atoms with Gasteiger partial charge in [-0.2, -0.15) is 0 Å². The van der Waals surface area contributed by atoms with Crippen molar-refractivity contribution in [1.82, 2.24) is 9.88 Å². The van der Waals surface area contributed by atoms with Crippen LogP contribution in [0.3, 0.4) is 0 Å². The number of sulfone groups is 1. The van der Waals surface area contributed by atoms with Crippen molar-refractivity contribution in [3.8, 4) is 16.9 Å². The van der Waals surface area contributed by atoms with Crippen molar-refractivity contribution in [2.45, 2.75) is 55.9 Å². The second-order valence-corrected chi connectivity index (χ2v) is 12.4. The molecule has 37 heavy (non-hydrogen) atoms. The molecule has 1 N–H and O–H groups in total. The van der Waals surface area contributed by atoms with Gasteiger partial charge in [-0.25, -0.2) is 12.8 Å². The molecule has 0 bridgehead atoms. The number of aromatic nitrogens is 1. The summed E-state index contributed by atoms with van der Waals surface area (Å²) in [5, 5.41) is 10.4. The monoisotopic (exact) mass is 567 g/mol. The lowest BCUT2D eigenvalue weighted by molar-refractivity contribution is 0.300. The van der Waals surface area contributed by atoms with Crippen LogP contribution < -0.4 is 4.90 Å². The van der Waals surface area contributed by atoms with Crippen LogP contribution in [0.25, 0.3) is 22.0 Å². The number of nitrogens with zero attached hydrogens (tertiary/aromatic N) is 3. The lowest BCUT2D eigenvalue weighted by atomic mass is 9.93. The molecule has 200 valence electrons. The lowest BCUT2D eigenvalue weighted by Crippen LogP contribution is -2.44. The number of aromatic hydroxyl groups is 1. The maximum absolute atomic E-state index is 14.3. The van der Waals surface area contributed by atoms with E-state index in [1.807, 2.05) is 18.2 Å². The van der Waals surface area contributed by atoms with E-state index in [1.165, 1.54) is 31.0 Å². The van der Waals surface area contributed by atoms with Crippen molar-refractivity contribution in [2.75, 3.05) is 30.9 Å². The molecule has 1 aromatic heterocycles. The maximum Gasteiger partial charge on any atom is 0.179 e. The van der Waals surface area contributed by atoms with Crippen LogP contribution in [0.15, 0.2) is 41.4 Å². The SMILES string of the molecule is CS(=O)(=O)c1cnc2ccc(-c3cc(F)c(O)c(Cl)c3)cc2c1N(CN1CCCC1)C1CCCCC1.Cl. The number of benzene rings is 2. The van der Waals surface area contributed by atoms with Crippen molar-refractivity contribution < 1.29 is 17.9 Å². The van der Waals surface area contributed by atoms with Gasteiger partial charge in [-0.15, -0.1) is 12.4 Å². The number of anilines is 1. The predicted octanol–water partition coefficient (Wildman–Crippen LogP) is 6.42. The van der Waals surface area contributed by atoms with Crippen molar-refractivity contribution in [2.24, 2.45) is 0 Å². The van der Waals surface area contributed by atoms with E-state index in [-0.39, 0.29) is 28.4 Å². The number of likely N-dealkylation sites (tertiary alicyclic amines) is 1. The molecule has 1 aliphatic carbocycles. The Hall–Kier alpha value is -2.13. The molecule has 2 heterocycles. The number of phenolic OH excluding ortho intramolecular Hbond substituents is 1. The second-order valence-electron chi connectivity index (χ2n) is 9.99. The topological polar surface area (TPSA) is 73.7 Å². The van der Waals surface area contributed by atoms with Gasteiger partial charge in [-0.05, 0) is 74.2 Å². The number of fused-ring (bicyclic) bond motifs is 1. The Balaban J connectivity index is 0.00000320. The number of hydrogen-bond donors (Lipinski definition) is 1. The van der Waals surface area contributed by atoms with Gasteiger partial charge in [0.25, 0.3) is 0 Å². The normalized spacial score (nSPS) is 17.2. The number of hydrogen-bond acceptors (Lipinski definition) is 6. The molecule has 1 aliphatic heterocycles. The summed E-state index contributed by atoms with van der Waals surface area (Å²) >= 11 is 6.06. The molecular formula is C27H32Cl2FN3O3S. The van der Waals surface area contributed by atoms with Crippen LogP contribution >= 0.6 is 24.0 Å². The zero-order valence-corrected chi connectivity index (χ0v) is 23.2. The van der Waals surface area contributed by atoms with E-state index in [0.29, 0.717) is 34.4 Å². The molecule has 0 atom stereocenters. The summed E-state index contributed by atoms with van der Waals surface area (Å²) < 4.78 is 40.4. The fourth-order valence-corrected chi connectivity index (χ4v) is 6.57. The van der Waals surface area contributed by atoms with Crippen molar-refractivity contribution in [3.63, 3.8) is 0 Å². The third-order valence-electron chi connectivity index (χ3n) is 7.41. The van der Waals surface area contributed by atoms with Gasteiger partial charge in [-0.3, -0.25) is 9.88 Å². The minimum absolute atomic E-state index is 0. The first kappa shape index (κ1) is 27.9. The minimum atomic E-state index is -3.58. The highest BCUT2D eigenvalue weighted by Crippen LogP contribution is 2.40. The van der Waals surface area contributed by atoms with Crippen molar-refractivity contribution >= 4 is 50.4 Å². The van der Waals surface area contributed by atoms with Crippen LogP contribution in [0.2, 0.25) is 5.02 Å². The summed E-state index contributed by atoms with van der Waals surface area (Å²) in [4.78, 5) is 9.39. The molecule has 2 fully saturated rings. The molecule has 2 aromatic carbocycles. The van der Waals surface area contributed by atoms with Crippen LogP contribution in [0.5, 0.6) is 5.75 Å². The first-order valence-corrected chi connectivity index (χ1v) is 14.8. The molecule has 5 rings (SSSR count). The molecule has 3 aromatic rings. The molecule has 1 saturated carbocycles. The molecule has 2 aliphatic rings. The summed E-state index contributed by atoms with van der Waals surface area (Å²) in [5.41, 5.74) is 2.51.